The molecule has 2 heterocycles. The van der Waals surface area contributed by atoms with Crippen LogP contribution in [-0.4, -0.2) is 43.2 Å². The Kier molecular flexibility index (Phi) is 7.77. The lowest BCUT2D eigenvalue weighted by Crippen LogP contribution is -2.00. The second-order valence-electron chi connectivity index (χ2n) is 8.60. The number of hydrogen-bond donors (Lipinski definition) is 0. The van der Waals surface area contributed by atoms with Gasteiger partial charge in [0.1, 0.15) is 0 Å². The van der Waals surface area contributed by atoms with Gasteiger partial charge in [-0.05, 0) is 55.0 Å². The molecule has 0 saturated heterocycles. The highest BCUT2D eigenvalue weighted by molar-refractivity contribution is 7.12. The van der Waals surface area contributed by atoms with E-state index in [2.05, 4.69) is 6.92 Å². The molecule has 2 aromatic heterocycles. The molecule has 0 aliphatic heterocycles. The maximum Gasteiger partial charge on any atom is 0.211 e. The van der Waals surface area contributed by atoms with E-state index in [4.69, 9.17) is 40.6 Å². The summed E-state index contributed by atoms with van der Waals surface area (Å²) in [4.78, 5) is 4.96. The van der Waals surface area contributed by atoms with Gasteiger partial charge in [0.25, 0.3) is 0 Å². The van der Waals surface area contributed by atoms with Gasteiger partial charge < -0.3 is 18.9 Å². The molecule has 0 N–H and O–H groups in total. The fraction of sp³-hybridized carbons (Fsp3) is 0.200. The number of aromatic nitrogens is 3. The van der Waals surface area contributed by atoms with Crippen LogP contribution < -0.4 is 18.9 Å². The number of rotatable bonds is 9. The molecule has 0 aliphatic carbocycles. The van der Waals surface area contributed by atoms with E-state index < -0.39 is 0 Å². The summed E-state index contributed by atoms with van der Waals surface area (Å²) in [5.74, 6) is 2.59. The van der Waals surface area contributed by atoms with E-state index >= 15 is 0 Å². The third kappa shape index (κ3) is 5.05. The van der Waals surface area contributed by atoms with Crippen molar-refractivity contribution in [3.05, 3.63) is 76.6 Å². The van der Waals surface area contributed by atoms with Crippen LogP contribution in [0.2, 0.25) is 5.02 Å². The zero-order chi connectivity index (χ0) is 27.5. The molecule has 0 unspecified atom stereocenters. The van der Waals surface area contributed by atoms with Crippen LogP contribution in [0.3, 0.4) is 0 Å². The normalized spacial score (nSPS) is 10.9. The van der Waals surface area contributed by atoms with Crippen molar-refractivity contribution in [2.45, 2.75) is 13.3 Å². The zero-order valence-electron chi connectivity index (χ0n) is 22.3. The highest BCUT2D eigenvalue weighted by Gasteiger charge is 2.24. The molecule has 0 saturated carbocycles. The molecule has 0 radical (unpaired) electrons. The van der Waals surface area contributed by atoms with Crippen LogP contribution in [0.4, 0.5) is 0 Å². The van der Waals surface area contributed by atoms with Crippen LogP contribution in [0.15, 0.2) is 66.0 Å². The molecule has 0 spiro atoms. The zero-order valence-corrected chi connectivity index (χ0v) is 23.9. The minimum absolute atomic E-state index is 0.637. The predicted octanol–water partition coefficient (Wildman–Crippen LogP) is 7.58. The van der Waals surface area contributed by atoms with E-state index in [0.29, 0.717) is 28.0 Å². The second kappa shape index (κ2) is 11.4. The summed E-state index contributed by atoms with van der Waals surface area (Å²) in [6, 6.07) is 19.4. The van der Waals surface area contributed by atoms with Crippen molar-refractivity contribution >= 4 is 22.9 Å². The summed E-state index contributed by atoms with van der Waals surface area (Å²) < 4.78 is 24.1. The summed E-state index contributed by atoms with van der Waals surface area (Å²) >= 11 is 7.63. The van der Waals surface area contributed by atoms with Crippen molar-refractivity contribution in [1.29, 1.82) is 0 Å². The first-order valence-electron chi connectivity index (χ1n) is 12.3. The van der Waals surface area contributed by atoms with Crippen LogP contribution >= 0.6 is 22.9 Å². The van der Waals surface area contributed by atoms with Crippen molar-refractivity contribution < 1.29 is 18.9 Å². The largest absolute Gasteiger partial charge is 0.493 e. The van der Waals surface area contributed by atoms with Crippen LogP contribution in [0.25, 0.3) is 38.9 Å². The quantitative estimate of drug-likeness (QED) is 0.185. The Morgan fingerprint density at radius 3 is 1.90 bits per heavy atom. The number of methoxy groups -OCH3 is 4. The van der Waals surface area contributed by atoms with Crippen LogP contribution in [0.1, 0.15) is 12.5 Å². The number of thiazole rings is 1. The van der Waals surface area contributed by atoms with Gasteiger partial charge in [0.05, 0.1) is 45.5 Å². The summed E-state index contributed by atoms with van der Waals surface area (Å²) in [5.41, 5.74) is 6.53. The van der Waals surface area contributed by atoms with Crippen molar-refractivity contribution in [2.75, 3.05) is 28.4 Å². The molecule has 3 aromatic carbocycles. The van der Waals surface area contributed by atoms with Gasteiger partial charge in [-0.3, -0.25) is 0 Å². The highest BCUT2D eigenvalue weighted by Crippen LogP contribution is 2.41. The maximum atomic E-state index is 6.10. The van der Waals surface area contributed by atoms with E-state index in [-0.39, 0.29) is 0 Å². The number of hydrogen-bond acceptors (Lipinski definition) is 7. The monoisotopic (exact) mass is 561 g/mol. The van der Waals surface area contributed by atoms with E-state index in [0.717, 1.165) is 50.9 Å². The summed E-state index contributed by atoms with van der Waals surface area (Å²) in [7, 11) is 6.51. The van der Waals surface area contributed by atoms with Crippen molar-refractivity contribution in [2.24, 2.45) is 0 Å². The molecule has 0 aliphatic rings. The van der Waals surface area contributed by atoms with Crippen molar-refractivity contribution in [1.82, 2.24) is 14.8 Å². The Hall–Kier alpha value is -4.01. The average molecular weight is 562 g/mol. The molecule has 7 nitrogen and oxygen atoms in total. The Morgan fingerprint density at radius 2 is 1.31 bits per heavy atom. The first kappa shape index (κ1) is 26.6. The lowest BCUT2D eigenvalue weighted by atomic mass is 9.99. The van der Waals surface area contributed by atoms with Gasteiger partial charge in [0, 0.05) is 32.7 Å². The van der Waals surface area contributed by atoms with E-state index in [9.17, 15) is 0 Å². The molecule has 5 aromatic rings. The molecule has 0 amide bonds. The number of benzene rings is 3. The molecule has 0 atom stereocenters. The van der Waals surface area contributed by atoms with Crippen LogP contribution in [0.5, 0.6) is 23.0 Å². The van der Waals surface area contributed by atoms with Gasteiger partial charge in [-0.2, -0.15) is 5.10 Å². The molecule has 5 rings (SSSR count). The van der Waals surface area contributed by atoms with Crippen LogP contribution in [0, 0.1) is 0 Å². The Morgan fingerprint density at radius 1 is 0.744 bits per heavy atom. The Balaban J connectivity index is 1.73. The first-order chi connectivity index (χ1) is 19.0. The molecule has 39 heavy (non-hydrogen) atoms. The lowest BCUT2D eigenvalue weighted by Gasteiger charge is -2.12. The molecule has 0 bridgehead atoms. The highest BCUT2D eigenvalue weighted by atomic mass is 35.5. The number of nitrogens with zero attached hydrogens (tertiary/aromatic N) is 3. The molecule has 200 valence electrons. The molecule has 9 heteroatoms. The minimum atomic E-state index is 0.637. The van der Waals surface area contributed by atoms with Gasteiger partial charge in [-0.25, -0.2) is 9.67 Å². The standard InChI is InChI=1S/C30H28ClN3O4S/c1-6-22-28(19-9-13-24(35-2)26(15-19)37-4)33-34(29(22)20-10-14-25(36-3)27(16-20)38-5)30-32-23(17-39-30)18-7-11-21(31)12-8-18/h7-17H,6H2,1-5H3. The first-order valence-corrected chi connectivity index (χ1v) is 13.6. The molecular weight excluding hydrogens is 534 g/mol. The summed E-state index contributed by atoms with van der Waals surface area (Å²) in [6.45, 7) is 2.12. The van der Waals surface area contributed by atoms with Gasteiger partial charge in [-0.1, -0.05) is 30.7 Å². The Bertz CT molecular complexity index is 1610. The number of halogens is 1. The third-order valence-corrected chi connectivity index (χ3v) is 7.53. The fourth-order valence-corrected chi connectivity index (χ4v) is 5.45. The number of ether oxygens (including phenoxy) is 4. The van der Waals surface area contributed by atoms with Gasteiger partial charge >= 0.3 is 0 Å². The van der Waals surface area contributed by atoms with Gasteiger partial charge in [0.15, 0.2) is 23.0 Å². The molecule has 0 fully saturated rings. The van der Waals surface area contributed by atoms with Gasteiger partial charge in [0.2, 0.25) is 5.13 Å². The molecular formula is C30H28ClN3O4S. The summed E-state index contributed by atoms with van der Waals surface area (Å²) in [6.07, 6.45) is 0.739. The fourth-order valence-electron chi connectivity index (χ4n) is 4.53. The summed E-state index contributed by atoms with van der Waals surface area (Å²) in [5, 5.41) is 8.58. The van der Waals surface area contributed by atoms with Crippen molar-refractivity contribution in [3.63, 3.8) is 0 Å². The van der Waals surface area contributed by atoms with E-state index in [1.54, 1.807) is 28.4 Å². The van der Waals surface area contributed by atoms with E-state index in [1.165, 1.54) is 11.3 Å². The third-order valence-electron chi connectivity index (χ3n) is 6.46. The maximum absolute atomic E-state index is 6.10. The second-order valence-corrected chi connectivity index (χ2v) is 9.88. The predicted molar refractivity (Wildman–Crippen MR) is 156 cm³/mol. The topological polar surface area (TPSA) is 67.6 Å². The minimum Gasteiger partial charge on any atom is -0.493 e. The lowest BCUT2D eigenvalue weighted by molar-refractivity contribution is 0.355. The smallest absolute Gasteiger partial charge is 0.211 e. The van der Waals surface area contributed by atoms with Crippen molar-refractivity contribution in [3.8, 4) is 61.9 Å². The average Bonchev–Trinajstić information content (AvgIpc) is 3.62. The van der Waals surface area contributed by atoms with Crippen LogP contribution in [-0.2, 0) is 6.42 Å². The van der Waals surface area contributed by atoms with E-state index in [1.807, 2.05) is 70.7 Å². The van der Waals surface area contributed by atoms with Gasteiger partial charge in [-0.15, -0.1) is 11.3 Å². The Labute approximate surface area is 236 Å². The SMILES string of the molecule is CCc1c(-c2ccc(OC)c(OC)c2)nn(-c2nc(-c3ccc(Cl)cc3)cs2)c1-c1ccc(OC)c(OC)c1.